The average Bonchev–Trinajstić information content (AvgIpc) is 2.80. The van der Waals surface area contributed by atoms with Crippen LogP contribution in [0.1, 0.15) is 19.4 Å². The lowest BCUT2D eigenvalue weighted by Gasteiger charge is -2.30. The molecule has 0 saturated heterocycles. The molecule has 1 aliphatic rings. The molecule has 2 heterocycles. The fourth-order valence-electron chi connectivity index (χ4n) is 3.92. The first-order chi connectivity index (χ1) is 15.8. The topological polar surface area (TPSA) is 85.6 Å². The van der Waals surface area contributed by atoms with Gasteiger partial charge in [0.05, 0.1) is 41.1 Å². The molecule has 8 heteroatoms. The molecule has 0 unspecified atom stereocenters. The second-order valence-electron chi connectivity index (χ2n) is 7.94. The predicted octanol–water partition coefficient (Wildman–Crippen LogP) is 4.69. The van der Waals surface area contributed by atoms with E-state index >= 15 is 0 Å². The van der Waals surface area contributed by atoms with Gasteiger partial charge in [0.2, 0.25) is 11.5 Å². The molecule has 3 aromatic rings. The molecule has 0 spiro atoms. The van der Waals surface area contributed by atoms with Crippen molar-refractivity contribution in [3.63, 3.8) is 0 Å². The van der Waals surface area contributed by atoms with Crippen LogP contribution >= 0.6 is 0 Å². The van der Waals surface area contributed by atoms with Crippen LogP contribution in [0.2, 0.25) is 0 Å². The molecule has 0 saturated carbocycles. The summed E-state index contributed by atoms with van der Waals surface area (Å²) in [6.07, 6.45) is 3.77. The molecular formula is C25H26O8. The van der Waals surface area contributed by atoms with Gasteiger partial charge in [-0.15, -0.1) is 0 Å². The lowest BCUT2D eigenvalue weighted by atomic mass is 9.98. The van der Waals surface area contributed by atoms with E-state index in [2.05, 4.69) is 0 Å². The van der Waals surface area contributed by atoms with Gasteiger partial charge in [0.15, 0.2) is 28.3 Å². The Bertz CT molecular complexity index is 1290. The highest BCUT2D eigenvalue weighted by atomic mass is 16.5. The molecule has 0 bridgehead atoms. The van der Waals surface area contributed by atoms with Crippen molar-refractivity contribution in [2.75, 3.05) is 35.5 Å². The fraction of sp³-hybridized carbons (Fsp3) is 0.320. The van der Waals surface area contributed by atoms with Crippen LogP contribution in [0.25, 0.3) is 28.4 Å². The van der Waals surface area contributed by atoms with E-state index in [4.69, 9.17) is 32.8 Å². The number of rotatable bonds is 6. The summed E-state index contributed by atoms with van der Waals surface area (Å²) in [5, 5.41) is 0.274. The van der Waals surface area contributed by atoms with Gasteiger partial charge in [-0.2, -0.15) is 0 Å². The summed E-state index contributed by atoms with van der Waals surface area (Å²) in [6.45, 7) is 3.81. The monoisotopic (exact) mass is 454 g/mol. The van der Waals surface area contributed by atoms with Gasteiger partial charge in [-0.3, -0.25) is 4.79 Å². The minimum atomic E-state index is -0.610. The Kier molecular flexibility index (Phi) is 5.61. The van der Waals surface area contributed by atoms with Crippen LogP contribution in [0.4, 0.5) is 0 Å². The van der Waals surface area contributed by atoms with Crippen molar-refractivity contribution in [2.45, 2.75) is 19.4 Å². The fourth-order valence-corrected chi connectivity index (χ4v) is 3.92. The first-order valence-electron chi connectivity index (χ1n) is 10.2. The summed E-state index contributed by atoms with van der Waals surface area (Å²) < 4.78 is 39.9. The normalized spacial score (nSPS) is 13.8. The van der Waals surface area contributed by atoms with Crippen molar-refractivity contribution in [3.05, 3.63) is 40.1 Å². The van der Waals surface area contributed by atoms with Crippen molar-refractivity contribution >= 4 is 17.0 Å². The van der Waals surface area contributed by atoms with Crippen LogP contribution in [0.15, 0.2) is 33.5 Å². The first-order valence-corrected chi connectivity index (χ1v) is 10.2. The summed E-state index contributed by atoms with van der Waals surface area (Å²) in [7, 11) is 7.58. The van der Waals surface area contributed by atoms with E-state index in [1.807, 2.05) is 26.0 Å². The van der Waals surface area contributed by atoms with Crippen LogP contribution in [-0.4, -0.2) is 41.2 Å². The Morgan fingerprint density at radius 2 is 1.39 bits per heavy atom. The zero-order valence-corrected chi connectivity index (χ0v) is 19.7. The van der Waals surface area contributed by atoms with Crippen molar-refractivity contribution in [3.8, 4) is 45.8 Å². The Morgan fingerprint density at radius 3 is 1.94 bits per heavy atom. The number of fused-ring (bicyclic) bond motifs is 3. The lowest BCUT2D eigenvalue weighted by molar-refractivity contribution is 0.160. The third-order valence-corrected chi connectivity index (χ3v) is 5.45. The summed E-state index contributed by atoms with van der Waals surface area (Å²) >= 11 is 0. The molecule has 0 aliphatic carbocycles. The summed E-state index contributed by atoms with van der Waals surface area (Å²) in [4.78, 5) is 13.4. The zero-order chi connectivity index (χ0) is 23.9. The Labute approximate surface area is 191 Å². The van der Waals surface area contributed by atoms with Gasteiger partial charge in [0.25, 0.3) is 0 Å². The Hall–Kier alpha value is -3.81. The maximum absolute atomic E-state index is 13.4. The van der Waals surface area contributed by atoms with Crippen LogP contribution in [0, 0.1) is 0 Å². The molecule has 1 aromatic heterocycles. The molecule has 2 aromatic carbocycles. The Morgan fingerprint density at radius 1 is 0.788 bits per heavy atom. The van der Waals surface area contributed by atoms with E-state index in [0.717, 1.165) is 0 Å². The third kappa shape index (κ3) is 3.61. The quantitative estimate of drug-likeness (QED) is 0.530. The molecule has 0 N–H and O–H groups in total. The highest BCUT2D eigenvalue weighted by Gasteiger charge is 2.31. The van der Waals surface area contributed by atoms with Gasteiger partial charge in [-0.25, -0.2) is 0 Å². The van der Waals surface area contributed by atoms with Crippen molar-refractivity contribution in [1.82, 2.24) is 0 Å². The zero-order valence-electron chi connectivity index (χ0n) is 19.7. The molecule has 1 aliphatic heterocycles. The molecule has 33 heavy (non-hydrogen) atoms. The SMILES string of the molecule is COc1cc(-c2cc(=O)c3c4c(c(OC)c(OC)c3o2)C=CC(C)(C)O4)cc(OC)c1OC. The average molecular weight is 454 g/mol. The summed E-state index contributed by atoms with van der Waals surface area (Å²) in [5.41, 5.74) is 0.498. The van der Waals surface area contributed by atoms with E-state index in [1.165, 1.54) is 41.6 Å². The standard InChI is InChI=1S/C25H26O8/c1-25(2)9-8-14-20(33-25)19-15(26)12-16(32-23(19)24(31-7)21(14)29-5)13-10-17(27-3)22(30-6)18(11-13)28-4/h8-12H,1-7H3. The van der Waals surface area contributed by atoms with Gasteiger partial charge in [0, 0.05) is 11.6 Å². The maximum atomic E-state index is 13.4. The van der Waals surface area contributed by atoms with Crippen LogP contribution in [0.5, 0.6) is 34.5 Å². The molecular weight excluding hydrogens is 428 g/mol. The second-order valence-corrected chi connectivity index (χ2v) is 7.94. The van der Waals surface area contributed by atoms with Crippen molar-refractivity contribution < 1.29 is 32.8 Å². The maximum Gasteiger partial charge on any atom is 0.205 e. The van der Waals surface area contributed by atoms with Crippen molar-refractivity contribution in [2.24, 2.45) is 0 Å². The van der Waals surface area contributed by atoms with Crippen LogP contribution < -0.4 is 33.8 Å². The number of methoxy groups -OCH3 is 5. The summed E-state index contributed by atoms with van der Waals surface area (Å²) in [6, 6.07) is 4.82. The smallest absolute Gasteiger partial charge is 0.205 e. The third-order valence-electron chi connectivity index (χ3n) is 5.45. The molecule has 0 atom stereocenters. The first kappa shape index (κ1) is 22.4. The predicted molar refractivity (Wildman–Crippen MR) is 124 cm³/mol. The number of hydrogen-bond donors (Lipinski definition) is 0. The van der Waals surface area contributed by atoms with Gasteiger partial charge in [0.1, 0.15) is 22.5 Å². The van der Waals surface area contributed by atoms with Crippen LogP contribution in [0.3, 0.4) is 0 Å². The van der Waals surface area contributed by atoms with E-state index in [9.17, 15) is 4.79 Å². The Balaban J connectivity index is 2.06. The highest BCUT2D eigenvalue weighted by Crippen LogP contribution is 2.49. The van der Waals surface area contributed by atoms with Gasteiger partial charge >= 0.3 is 0 Å². The van der Waals surface area contributed by atoms with E-state index in [0.29, 0.717) is 45.6 Å². The minimum absolute atomic E-state index is 0.218. The van der Waals surface area contributed by atoms with Gasteiger partial charge in [-0.1, -0.05) is 0 Å². The molecule has 8 nitrogen and oxygen atoms in total. The summed E-state index contributed by atoms with van der Waals surface area (Å²) in [5.74, 6) is 2.68. The number of ether oxygens (including phenoxy) is 6. The van der Waals surface area contributed by atoms with E-state index in [1.54, 1.807) is 12.1 Å². The largest absolute Gasteiger partial charge is 0.493 e. The van der Waals surface area contributed by atoms with Gasteiger partial charge in [-0.05, 0) is 38.1 Å². The molecule has 0 amide bonds. The molecule has 0 fully saturated rings. The van der Waals surface area contributed by atoms with E-state index < -0.39 is 5.60 Å². The van der Waals surface area contributed by atoms with Crippen LogP contribution in [-0.2, 0) is 0 Å². The molecule has 174 valence electrons. The number of benzene rings is 2. The van der Waals surface area contributed by atoms with Crippen molar-refractivity contribution in [1.29, 1.82) is 0 Å². The molecule has 0 radical (unpaired) electrons. The number of hydrogen-bond acceptors (Lipinski definition) is 8. The lowest BCUT2D eigenvalue weighted by Crippen LogP contribution is -2.28. The highest BCUT2D eigenvalue weighted by molar-refractivity contribution is 5.97. The van der Waals surface area contributed by atoms with E-state index in [-0.39, 0.29) is 22.2 Å². The minimum Gasteiger partial charge on any atom is -0.493 e. The van der Waals surface area contributed by atoms with Gasteiger partial charge < -0.3 is 32.8 Å². The molecule has 4 rings (SSSR count). The second kappa shape index (κ2) is 8.27.